The summed E-state index contributed by atoms with van der Waals surface area (Å²) in [5.74, 6) is -1.49. The van der Waals surface area contributed by atoms with Crippen molar-refractivity contribution in [2.45, 2.75) is 25.1 Å². The Hall–Kier alpha value is -2.15. The molecule has 0 spiro atoms. The zero-order chi connectivity index (χ0) is 15.6. The topological polar surface area (TPSA) is 81.1 Å². The normalized spacial score (nSPS) is 21.4. The van der Waals surface area contributed by atoms with Crippen LogP contribution in [-0.2, 0) is 11.3 Å². The molecule has 1 fully saturated rings. The third-order valence-corrected chi connectivity index (χ3v) is 3.47. The van der Waals surface area contributed by atoms with E-state index in [1.165, 1.54) is 24.1 Å². The summed E-state index contributed by atoms with van der Waals surface area (Å²) < 4.78 is 12.8. The maximum absolute atomic E-state index is 12.8. The zero-order valence-corrected chi connectivity index (χ0v) is 11.6. The highest BCUT2D eigenvalue weighted by Gasteiger charge is 2.39. The number of carboxylic acid groups (broad SMARTS) is 1. The molecule has 6 nitrogen and oxygen atoms in total. The second kappa shape index (κ2) is 6.09. The van der Waals surface area contributed by atoms with E-state index in [2.05, 4.69) is 0 Å². The predicted octanol–water partition coefficient (Wildman–Crippen LogP) is 0.897. The molecule has 0 bridgehead atoms. The molecule has 114 valence electrons. The lowest BCUT2D eigenvalue weighted by Crippen LogP contribution is -2.46. The van der Waals surface area contributed by atoms with Gasteiger partial charge in [0.25, 0.3) is 0 Å². The number of β-amino-alcohol motifs (C(OH)–C–C–N with tert-alkyl or cyclic N) is 1. The Kier molecular flexibility index (Phi) is 4.42. The number of aliphatic hydroxyl groups is 1. The van der Waals surface area contributed by atoms with Gasteiger partial charge in [0.05, 0.1) is 6.10 Å². The molecule has 1 aromatic carbocycles. The molecule has 0 saturated carbocycles. The second-order valence-corrected chi connectivity index (χ2v) is 5.16. The van der Waals surface area contributed by atoms with Crippen molar-refractivity contribution in [2.75, 3.05) is 13.6 Å². The fourth-order valence-corrected chi connectivity index (χ4v) is 2.41. The van der Waals surface area contributed by atoms with E-state index in [0.29, 0.717) is 0 Å². The molecule has 7 heteroatoms. The van der Waals surface area contributed by atoms with Crippen LogP contribution in [0.1, 0.15) is 12.0 Å². The average Bonchev–Trinajstić information content (AvgIpc) is 2.82. The van der Waals surface area contributed by atoms with Gasteiger partial charge >= 0.3 is 12.0 Å². The van der Waals surface area contributed by atoms with Crippen LogP contribution in [-0.4, -0.2) is 57.8 Å². The number of rotatable bonds is 3. The summed E-state index contributed by atoms with van der Waals surface area (Å²) in [4.78, 5) is 25.9. The highest BCUT2D eigenvalue weighted by Crippen LogP contribution is 2.20. The number of carboxylic acids is 1. The first-order chi connectivity index (χ1) is 9.88. The molecule has 1 heterocycles. The van der Waals surface area contributed by atoms with Gasteiger partial charge in [-0.2, -0.15) is 0 Å². The molecule has 0 aliphatic carbocycles. The molecule has 2 amide bonds. The highest BCUT2D eigenvalue weighted by atomic mass is 19.1. The summed E-state index contributed by atoms with van der Waals surface area (Å²) in [6.45, 7) is 0.238. The molecule has 2 N–H and O–H groups in total. The van der Waals surface area contributed by atoms with Gasteiger partial charge < -0.3 is 20.0 Å². The van der Waals surface area contributed by atoms with Crippen molar-refractivity contribution in [3.8, 4) is 0 Å². The van der Waals surface area contributed by atoms with E-state index in [9.17, 15) is 19.1 Å². The number of aliphatic carboxylic acids is 1. The SMILES string of the molecule is CN(Cc1ccc(F)cc1)C(=O)N1CC(O)C[C@H]1C(=O)O. The predicted molar refractivity (Wildman–Crippen MR) is 72.0 cm³/mol. The average molecular weight is 296 g/mol. The number of carbonyl (C=O) groups is 2. The Morgan fingerprint density at radius 1 is 1.38 bits per heavy atom. The third-order valence-electron chi connectivity index (χ3n) is 3.47. The lowest BCUT2D eigenvalue weighted by molar-refractivity contribution is -0.141. The van der Waals surface area contributed by atoms with E-state index in [0.717, 1.165) is 10.5 Å². The van der Waals surface area contributed by atoms with E-state index in [4.69, 9.17) is 5.11 Å². The molecule has 1 saturated heterocycles. The lowest BCUT2D eigenvalue weighted by Gasteiger charge is -2.27. The lowest BCUT2D eigenvalue weighted by atomic mass is 10.2. The molecule has 1 aliphatic rings. The first-order valence-electron chi connectivity index (χ1n) is 6.55. The summed E-state index contributed by atoms with van der Waals surface area (Å²) in [6.07, 6.45) is -0.792. The number of nitrogens with zero attached hydrogens (tertiary/aromatic N) is 2. The number of carbonyl (C=O) groups excluding carboxylic acids is 1. The first-order valence-corrected chi connectivity index (χ1v) is 6.55. The van der Waals surface area contributed by atoms with Gasteiger partial charge in [0.1, 0.15) is 11.9 Å². The van der Waals surface area contributed by atoms with Gasteiger partial charge in [-0.15, -0.1) is 0 Å². The number of halogens is 1. The number of hydrogen-bond donors (Lipinski definition) is 2. The molecule has 0 aromatic heterocycles. The van der Waals surface area contributed by atoms with Crippen LogP contribution in [0.4, 0.5) is 9.18 Å². The Morgan fingerprint density at radius 3 is 2.57 bits per heavy atom. The van der Waals surface area contributed by atoms with Crippen LogP contribution < -0.4 is 0 Å². The molecule has 0 radical (unpaired) electrons. The summed E-state index contributed by atoms with van der Waals surface area (Å²) in [5, 5.41) is 18.6. The second-order valence-electron chi connectivity index (χ2n) is 5.16. The standard InChI is InChI=1S/C14H17FN2O4/c1-16(7-9-2-4-10(15)5-3-9)14(21)17-8-11(18)6-12(17)13(19)20/h2-5,11-12,18H,6-8H2,1H3,(H,19,20)/t11?,12-/m0/s1. The van der Waals surface area contributed by atoms with Gasteiger partial charge in [-0.05, 0) is 17.7 Å². The fourth-order valence-electron chi connectivity index (χ4n) is 2.41. The Labute approximate surface area is 121 Å². The molecule has 1 aromatic rings. The van der Waals surface area contributed by atoms with Gasteiger partial charge in [-0.3, -0.25) is 0 Å². The van der Waals surface area contributed by atoms with Gasteiger partial charge in [0.2, 0.25) is 0 Å². The van der Waals surface area contributed by atoms with Crippen LogP contribution in [0.5, 0.6) is 0 Å². The van der Waals surface area contributed by atoms with Crippen molar-refractivity contribution < 1.29 is 24.2 Å². The number of urea groups is 1. The molecule has 2 atom stereocenters. The first kappa shape index (κ1) is 15.2. The molecular weight excluding hydrogens is 279 g/mol. The fraction of sp³-hybridized carbons (Fsp3) is 0.429. The molecule has 1 aliphatic heterocycles. The van der Waals surface area contributed by atoms with Gasteiger partial charge in [-0.1, -0.05) is 12.1 Å². The Bertz CT molecular complexity index is 534. The van der Waals surface area contributed by atoms with Gasteiger partial charge in [-0.25, -0.2) is 14.0 Å². The summed E-state index contributed by atoms with van der Waals surface area (Å²) >= 11 is 0. The van der Waals surface area contributed by atoms with Crippen LogP contribution in [0.2, 0.25) is 0 Å². The van der Waals surface area contributed by atoms with Crippen LogP contribution in [0, 0.1) is 5.82 Å². The van der Waals surface area contributed by atoms with Gasteiger partial charge in [0, 0.05) is 26.6 Å². The zero-order valence-electron chi connectivity index (χ0n) is 11.6. The van der Waals surface area contributed by atoms with Crippen molar-refractivity contribution in [2.24, 2.45) is 0 Å². The Balaban J connectivity index is 2.04. The maximum atomic E-state index is 12.8. The van der Waals surface area contributed by atoms with E-state index >= 15 is 0 Å². The number of benzene rings is 1. The minimum atomic E-state index is -1.13. The molecule has 21 heavy (non-hydrogen) atoms. The summed E-state index contributed by atoms with van der Waals surface area (Å²) in [7, 11) is 1.54. The smallest absolute Gasteiger partial charge is 0.326 e. The van der Waals surface area contributed by atoms with E-state index in [-0.39, 0.29) is 25.3 Å². The minimum absolute atomic E-state index is 0.00353. The van der Waals surface area contributed by atoms with E-state index in [1.54, 1.807) is 12.1 Å². The van der Waals surface area contributed by atoms with Crippen molar-refractivity contribution in [1.29, 1.82) is 0 Å². The summed E-state index contributed by atoms with van der Waals surface area (Å²) in [6, 6.07) is 4.24. The van der Waals surface area contributed by atoms with Crippen molar-refractivity contribution in [1.82, 2.24) is 9.80 Å². The third kappa shape index (κ3) is 3.49. The maximum Gasteiger partial charge on any atom is 0.326 e. The number of likely N-dealkylation sites (tertiary alicyclic amines) is 1. The Morgan fingerprint density at radius 2 is 2.00 bits per heavy atom. The van der Waals surface area contributed by atoms with Crippen molar-refractivity contribution >= 4 is 12.0 Å². The van der Waals surface area contributed by atoms with Crippen LogP contribution in [0.3, 0.4) is 0 Å². The quantitative estimate of drug-likeness (QED) is 0.868. The largest absolute Gasteiger partial charge is 0.480 e. The van der Waals surface area contributed by atoms with Crippen molar-refractivity contribution in [3.05, 3.63) is 35.6 Å². The summed E-state index contributed by atoms with van der Waals surface area (Å²) in [5.41, 5.74) is 0.735. The molecule has 2 rings (SSSR count). The van der Waals surface area contributed by atoms with Crippen LogP contribution >= 0.6 is 0 Å². The van der Waals surface area contributed by atoms with E-state index < -0.39 is 24.1 Å². The van der Waals surface area contributed by atoms with Crippen LogP contribution in [0.25, 0.3) is 0 Å². The molecule has 1 unspecified atom stereocenters. The minimum Gasteiger partial charge on any atom is -0.480 e. The van der Waals surface area contributed by atoms with Gasteiger partial charge in [0.15, 0.2) is 0 Å². The van der Waals surface area contributed by atoms with Crippen molar-refractivity contribution in [3.63, 3.8) is 0 Å². The van der Waals surface area contributed by atoms with Crippen LogP contribution in [0.15, 0.2) is 24.3 Å². The highest BCUT2D eigenvalue weighted by molar-refractivity contribution is 5.83. The number of hydrogen-bond acceptors (Lipinski definition) is 3. The monoisotopic (exact) mass is 296 g/mol. The number of amides is 2. The number of aliphatic hydroxyl groups excluding tert-OH is 1. The van der Waals surface area contributed by atoms with E-state index in [1.807, 2.05) is 0 Å². The molecular formula is C14H17FN2O4.